The molecule has 0 unspecified atom stereocenters. The number of rotatable bonds is 4. The van der Waals surface area contributed by atoms with Crippen molar-refractivity contribution in [2.24, 2.45) is 0 Å². The van der Waals surface area contributed by atoms with Crippen molar-refractivity contribution >= 4 is 11.9 Å². The molecule has 112 valence electrons. The number of nitrogens with one attached hydrogen (secondary N) is 2. The van der Waals surface area contributed by atoms with Crippen LogP contribution in [0.5, 0.6) is 0 Å². The molecule has 1 aromatic heterocycles. The monoisotopic (exact) mass is 281 g/mol. The molecule has 0 aliphatic heterocycles. The Kier molecular flexibility index (Phi) is 4.92. The number of ether oxygens (including phenoxy) is 1. The topological polar surface area (TPSA) is 84.1 Å². The van der Waals surface area contributed by atoms with Gasteiger partial charge in [-0.05, 0) is 41.5 Å². The summed E-state index contributed by atoms with van der Waals surface area (Å²) in [7, 11) is 0. The summed E-state index contributed by atoms with van der Waals surface area (Å²) in [5, 5.41) is 9.50. The third kappa shape index (κ3) is 4.68. The number of aromatic amines is 1. The van der Waals surface area contributed by atoms with Gasteiger partial charge in [0.25, 0.3) is 0 Å². The molecule has 1 heterocycles. The lowest BCUT2D eigenvalue weighted by atomic mass is 10.1. The molecule has 0 spiro atoms. The molecule has 1 amide bonds. The smallest absolute Gasteiger partial charge is 0.328 e. The van der Waals surface area contributed by atoms with Gasteiger partial charge in [0, 0.05) is 11.3 Å². The van der Waals surface area contributed by atoms with Crippen LogP contribution in [0.1, 0.15) is 44.6 Å². The maximum atomic E-state index is 11.9. The first-order valence-corrected chi connectivity index (χ1v) is 6.63. The number of aromatic nitrogens is 2. The van der Waals surface area contributed by atoms with Crippen LogP contribution in [0, 0.1) is 13.8 Å². The summed E-state index contributed by atoms with van der Waals surface area (Å²) in [6, 6.07) is -0.672. The predicted octanol–water partition coefficient (Wildman–Crippen LogP) is 1.42. The van der Waals surface area contributed by atoms with Gasteiger partial charge in [0.15, 0.2) is 0 Å². The van der Waals surface area contributed by atoms with Crippen molar-refractivity contribution in [2.45, 2.75) is 59.6 Å². The third-order valence-corrected chi connectivity index (χ3v) is 2.76. The van der Waals surface area contributed by atoms with E-state index in [9.17, 15) is 9.59 Å². The van der Waals surface area contributed by atoms with Gasteiger partial charge in [-0.2, -0.15) is 5.10 Å². The Balaban J connectivity index is 2.56. The third-order valence-electron chi connectivity index (χ3n) is 2.76. The van der Waals surface area contributed by atoms with E-state index in [0.717, 1.165) is 17.0 Å². The van der Waals surface area contributed by atoms with E-state index in [2.05, 4.69) is 15.5 Å². The number of nitrogens with zero attached hydrogens (tertiary/aromatic N) is 1. The van der Waals surface area contributed by atoms with E-state index in [0.29, 0.717) is 0 Å². The van der Waals surface area contributed by atoms with E-state index in [1.165, 1.54) is 0 Å². The maximum Gasteiger partial charge on any atom is 0.328 e. The van der Waals surface area contributed by atoms with Crippen molar-refractivity contribution in [3.05, 3.63) is 17.0 Å². The van der Waals surface area contributed by atoms with Crippen molar-refractivity contribution in [1.82, 2.24) is 15.5 Å². The first-order chi connectivity index (χ1) is 9.10. The van der Waals surface area contributed by atoms with Crippen molar-refractivity contribution in [3.8, 4) is 0 Å². The van der Waals surface area contributed by atoms with Crippen LogP contribution in [0.4, 0.5) is 0 Å². The molecule has 0 saturated carbocycles. The van der Waals surface area contributed by atoms with Gasteiger partial charge in [-0.25, -0.2) is 4.79 Å². The van der Waals surface area contributed by atoms with Crippen molar-refractivity contribution in [1.29, 1.82) is 0 Å². The van der Waals surface area contributed by atoms with Crippen molar-refractivity contribution in [2.75, 3.05) is 0 Å². The number of hydrogen-bond donors (Lipinski definition) is 2. The summed E-state index contributed by atoms with van der Waals surface area (Å²) in [5.41, 5.74) is 1.96. The fraction of sp³-hybridized carbons (Fsp3) is 0.643. The second kappa shape index (κ2) is 6.07. The Bertz CT molecular complexity index is 481. The molecule has 1 rings (SSSR count). The van der Waals surface area contributed by atoms with Gasteiger partial charge in [-0.15, -0.1) is 0 Å². The van der Waals surface area contributed by atoms with Crippen LogP contribution in [-0.2, 0) is 20.7 Å². The highest BCUT2D eigenvalue weighted by Gasteiger charge is 2.23. The number of aryl methyl sites for hydroxylation is 2. The molecule has 1 aromatic rings. The first kappa shape index (κ1) is 16.2. The molecular weight excluding hydrogens is 258 g/mol. The first-order valence-electron chi connectivity index (χ1n) is 6.63. The summed E-state index contributed by atoms with van der Waals surface area (Å²) in [6.45, 7) is 10.7. The van der Waals surface area contributed by atoms with Gasteiger partial charge >= 0.3 is 5.97 Å². The summed E-state index contributed by atoms with van der Waals surface area (Å²) < 4.78 is 5.21. The quantitative estimate of drug-likeness (QED) is 0.817. The average Bonchev–Trinajstić information content (AvgIpc) is 2.58. The highest BCUT2D eigenvalue weighted by atomic mass is 16.6. The SMILES string of the molecule is Cc1n[nH]c(C)c1CC(=O)N[C@H](C)C(=O)OC(C)(C)C. The highest BCUT2D eigenvalue weighted by Crippen LogP contribution is 2.11. The minimum absolute atomic E-state index is 0.196. The molecule has 0 bridgehead atoms. The largest absolute Gasteiger partial charge is 0.458 e. The zero-order valence-electron chi connectivity index (χ0n) is 13.0. The predicted molar refractivity (Wildman–Crippen MR) is 75.2 cm³/mol. The molecule has 0 radical (unpaired) electrons. The van der Waals surface area contributed by atoms with Crippen LogP contribution in [0.2, 0.25) is 0 Å². The highest BCUT2D eigenvalue weighted by molar-refractivity contribution is 5.85. The Morgan fingerprint density at radius 2 is 1.95 bits per heavy atom. The van der Waals surface area contributed by atoms with Gasteiger partial charge in [-0.3, -0.25) is 9.89 Å². The van der Waals surface area contributed by atoms with Crippen LogP contribution in [0.25, 0.3) is 0 Å². The second-order valence-corrected chi connectivity index (χ2v) is 5.91. The molecule has 0 aliphatic rings. The van der Waals surface area contributed by atoms with E-state index < -0.39 is 17.6 Å². The Morgan fingerprint density at radius 3 is 2.40 bits per heavy atom. The lowest BCUT2D eigenvalue weighted by molar-refractivity contribution is -0.158. The van der Waals surface area contributed by atoms with Crippen molar-refractivity contribution in [3.63, 3.8) is 0 Å². The van der Waals surface area contributed by atoms with E-state index in [1.54, 1.807) is 27.7 Å². The minimum atomic E-state index is -0.672. The zero-order valence-corrected chi connectivity index (χ0v) is 13.0. The Hall–Kier alpha value is -1.85. The summed E-state index contributed by atoms with van der Waals surface area (Å²) in [6.07, 6.45) is 0.196. The van der Waals surface area contributed by atoms with Gasteiger partial charge in [0.2, 0.25) is 5.91 Å². The van der Waals surface area contributed by atoms with E-state index in [-0.39, 0.29) is 12.3 Å². The molecule has 6 nitrogen and oxygen atoms in total. The zero-order chi connectivity index (χ0) is 15.5. The lowest BCUT2D eigenvalue weighted by Gasteiger charge is -2.22. The van der Waals surface area contributed by atoms with E-state index in [4.69, 9.17) is 4.74 Å². The number of H-pyrrole nitrogens is 1. The number of carbonyl (C=O) groups excluding carboxylic acids is 2. The molecule has 1 atom stereocenters. The lowest BCUT2D eigenvalue weighted by Crippen LogP contribution is -2.42. The number of amides is 1. The molecule has 0 aromatic carbocycles. The van der Waals surface area contributed by atoms with E-state index >= 15 is 0 Å². The fourth-order valence-electron chi connectivity index (χ4n) is 1.74. The molecule has 0 fully saturated rings. The normalized spacial score (nSPS) is 12.9. The molecule has 0 saturated heterocycles. The maximum absolute atomic E-state index is 11.9. The molecular formula is C14H23N3O3. The second-order valence-electron chi connectivity index (χ2n) is 5.91. The van der Waals surface area contributed by atoms with Crippen LogP contribution in [-0.4, -0.2) is 33.7 Å². The summed E-state index contributed by atoms with van der Waals surface area (Å²) >= 11 is 0. The Morgan fingerprint density at radius 1 is 1.35 bits per heavy atom. The standard InChI is InChI=1S/C14H23N3O3/c1-8-11(9(2)17-16-8)7-12(18)15-10(3)13(19)20-14(4,5)6/h10H,7H2,1-6H3,(H,15,18)(H,16,17)/t10-/m1/s1. The van der Waals surface area contributed by atoms with Crippen LogP contribution in [0.3, 0.4) is 0 Å². The average molecular weight is 281 g/mol. The number of hydrogen-bond acceptors (Lipinski definition) is 4. The minimum Gasteiger partial charge on any atom is -0.458 e. The van der Waals surface area contributed by atoms with Crippen LogP contribution in [0.15, 0.2) is 0 Å². The van der Waals surface area contributed by atoms with Gasteiger partial charge < -0.3 is 10.1 Å². The molecule has 2 N–H and O–H groups in total. The fourth-order valence-corrected chi connectivity index (χ4v) is 1.74. The Labute approximate surface area is 119 Å². The van der Waals surface area contributed by atoms with Gasteiger partial charge in [-0.1, -0.05) is 0 Å². The number of esters is 1. The van der Waals surface area contributed by atoms with Crippen molar-refractivity contribution < 1.29 is 14.3 Å². The molecule has 6 heteroatoms. The van der Waals surface area contributed by atoms with Crippen LogP contribution >= 0.6 is 0 Å². The van der Waals surface area contributed by atoms with Gasteiger partial charge in [0.1, 0.15) is 11.6 Å². The number of carbonyl (C=O) groups is 2. The summed E-state index contributed by atoms with van der Waals surface area (Å²) in [5.74, 6) is -0.664. The molecule has 20 heavy (non-hydrogen) atoms. The van der Waals surface area contributed by atoms with E-state index in [1.807, 2.05) is 13.8 Å². The van der Waals surface area contributed by atoms with Crippen LogP contribution < -0.4 is 5.32 Å². The molecule has 0 aliphatic carbocycles. The van der Waals surface area contributed by atoms with Gasteiger partial charge in [0.05, 0.1) is 12.1 Å². The summed E-state index contributed by atoms with van der Waals surface area (Å²) in [4.78, 5) is 23.7.